The molecule has 15 heavy (non-hydrogen) atoms. The lowest BCUT2D eigenvalue weighted by Crippen LogP contribution is -2.33. The molecule has 0 spiro atoms. The number of hydrogen-bond acceptors (Lipinski definition) is 3. The summed E-state index contributed by atoms with van der Waals surface area (Å²) in [5.74, 6) is 0.966. The van der Waals surface area contributed by atoms with E-state index in [-0.39, 0.29) is 0 Å². The summed E-state index contributed by atoms with van der Waals surface area (Å²) in [4.78, 5) is 2.37. The van der Waals surface area contributed by atoms with Crippen LogP contribution >= 0.6 is 0 Å². The maximum Gasteiger partial charge on any atom is 0.144 e. The fraction of sp³-hybridized carbons (Fsp3) is 0.500. The highest BCUT2D eigenvalue weighted by Gasteiger charge is 2.17. The molecule has 3 nitrogen and oxygen atoms in total. The normalized spacial score (nSPS) is 14.4. The highest BCUT2D eigenvalue weighted by molar-refractivity contribution is 5.78. The van der Waals surface area contributed by atoms with Gasteiger partial charge in [-0.1, -0.05) is 6.07 Å². The van der Waals surface area contributed by atoms with Crippen molar-refractivity contribution in [1.82, 2.24) is 0 Å². The maximum absolute atomic E-state index is 5.61. The quantitative estimate of drug-likeness (QED) is 0.821. The van der Waals surface area contributed by atoms with E-state index >= 15 is 0 Å². The van der Waals surface area contributed by atoms with Crippen molar-refractivity contribution in [3.05, 3.63) is 18.2 Å². The predicted octanol–water partition coefficient (Wildman–Crippen LogP) is 2.34. The van der Waals surface area contributed by atoms with Gasteiger partial charge in [-0.3, -0.25) is 0 Å². The molecule has 2 rings (SSSR count). The Morgan fingerprint density at radius 2 is 2.27 bits per heavy atom. The van der Waals surface area contributed by atoms with Gasteiger partial charge in [0.1, 0.15) is 11.4 Å². The van der Waals surface area contributed by atoms with Crippen molar-refractivity contribution in [3.8, 4) is 5.75 Å². The molecule has 0 atom stereocenters. The molecule has 1 heterocycles. The zero-order valence-electron chi connectivity index (χ0n) is 9.42. The van der Waals surface area contributed by atoms with Crippen LogP contribution in [0.15, 0.2) is 18.2 Å². The van der Waals surface area contributed by atoms with E-state index in [0.29, 0.717) is 6.61 Å². The van der Waals surface area contributed by atoms with Crippen molar-refractivity contribution >= 4 is 11.4 Å². The summed E-state index contributed by atoms with van der Waals surface area (Å²) in [5.41, 5.74) is 2.40. The van der Waals surface area contributed by atoms with Gasteiger partial charge in [-0.05, 0) is 26.0 Å². The Kier molecular flexibility index (Phi) is 2.99. The standard InChI is InChI=1S/C12H18N2O/c1-3-14-9-8-13-12-10(14)6-5-7-11(12)15-4-2/h5-7,13H,3-4,8-9H2,1-2H3. The van der Waals surface area contributed by atoms with Gasteiger partial charge >= 0.3 is 0 Å². The van der Waals surface area contributed by atoms with Crippen LogP contribution in [0.25, 0.3) is 0 Å². The van der Waals surface area contributed by atoms with Gasteiger partial charge in [-0.15, -0.1) is 0 Å². The molecule has 1 aromatic rings. The first kappa shape index (κ1) is 10.1. The second-order valence-corrected chi connectivity index (χ2v) is 3.59. The van der Waals surface area contributed by atoms with E-state index in [1.807, 2.05) is 13.0 Å². The lowest BCUT2D eigenvalue weighted by atomic mass is 10.2. The summed E-state index contributed by atoms with van der Waals surface area (Å²) in [6.45, 7) is 8.01. The van der Waals surface area contributed by atoms with Crippen molar-refractivity contribution in [2.75, 3.05) is 36.5 Å². The van der Waals surface area contributed by atoms with Crippen LogP contribution in [-0.2, 0) is 0 Å². The molecular formula is C12H18N2O. The number of likely N-dealkylation sites (N-methyl/N-ethyl adjacent to an activating group) is 1. The molecule has 0 aromatic heterocycles. The molecule has 0 amide bonds. The Labute approximate surface area is 91.0 Å². The largest absolute Gasteiger partial charge is 0.492 e. The van der Waals surface area contributed by atoms with E-state index in [1.54, 1.807) is 0 Å². The van der Waals surface area contributed by atoms with Crippen LogP contribution in [0.5, 0.6) is 5.75 Å². The lowest BCUT2D eigenvalue weighted by molar-refractivity contribution is 0.341. The third-order valence-electron chi connectivity index (χ3n) is 2.71. The van der Waals surface area contributed by atoms with Crippen molar-refractivity contribution in [3.63, 3.8) is 0 Å². The number of benzene rings is 1. The van der Waals surface area contributed by atoms with Gasteiger partial charge in [0.05, 0.1) is 12.3 Å². The third kappa shape index (κ3) is 1.87. The van der Waals surface area contributed by atoms with E-state index in [2.05, 4.69) is 29.3 Å². The van der Waals surface area contributed by atoms with Gasteiger partial charge < -0.3 is 15.0 Å². The number of rotatable bonds is 3. The lowest BCUT2D eigenvalue weighted by Gasteiger charge is -2.32. The minimum Gasteiger partial charge on any atom is -0.492 e. The molecule has 1 aromatic carbocycles. The van der Waals surface area contributed by atoms with E-state index < -0.39 is 0 Å². The zero-order chi connectivity index (χ0) is 10.7. The van der Waals surface area contributed by atoms with Crippen LogP contribution in [0.2, 0.25) is 0 Å². The molecule has 0 fully saturated rings. The summed E-state index contributed by atoms with van der Waals surface area (Å²) in [7, 11) is 0. The van der Waals surface area contributed by atoms with Crippen molar-refractivity contribution in [1.29, 1.82) is 0 Å². The highest BCUT2D eigenvalue weighted by Crippen LogP contribution is 2.36. The number of nitrogens with one attached hydrogen (secondary N) is 1. The number of hydrogen-bond donors (Lipinski definition) is 1. The summed E-state index contributed by atoms with van der Waals surface area (Å²) >= 11 is 0. The fourth-order valence-electron chi connectivity index (χ4n) is 2.00. The number of anilines is 2. The first-order chi connectivity index (χ1) is 7.36. The number of ether oxygens (including phenoxy) is 1. The molecule has 0 saturated heterocycles. The smallest absolute Gasteiger partial charge is 0.144 e. The number of fused-ring (bicyclic) bond motifs is 1. The van der Waals surface area contributed by atoms with Gasteiger partial charge in [-0.25, -0.2) is 0 Å². The van der Waals surface area contributed by atoms with Gasteiger partial charge in [0.2, 0.25) is 0 Å². The summed E-state index contributed by atoms with van der Waals surface area (Å²) in [5, 5.41) is 3.41. The van der Waals surface area contributed by atoms with E-state index in [0.717, 1.165) is 31.1 Å². The van der Waals surface area contributed by atoms with Crippen LogP contribution in [0.3, 0.4) is 0 Å². The monoisotopic (exact) mass is 206 g/mol. The van der Waals surface area contributed by atoms with Crippen molar-refractivity contribution < 1.29 is 4.74 Å². The first-order valence-corrected chi connectivity index (χ1v) is 5.61. The topological polar surface area (TPSA) is 24.5 Å². The van der Waals surface area contributed by atoms with Gasteiger partial charge in [0.25, 0.3) is 0 Å². The maximum atomic E-state index is 5.61. The Bertz CT molecular complexity index is 338. The van der Waals surface area contributed by atoms with E-state index in [4.69, 9.17) is 4.74 Å². The molecule has 0 radical (unpaired) electrons. The molecule has 1 aliphatic rings. The average molecular weight is 206 g/mol. The third-order valence-corrected chi connectivity index (χ3v) is 2.71. The Morgan fingerprint density at radius 3 is 3.00 bits per heavy atom. The van der Waals surface area contributed by atoms with Gasteiger partial charge in [0.15, 0.2) is 0 Å². The van der Waals surface area contributed by atoms with Gasteiger partial charge in [0, 0.05) is 19.6 Å². The van der Waals surface area contributed by atoms with Gasteiger partial charge in [-0.2, -0.15) is 0 Å². The fourth-order valence-corrected chi connectivity index (χ4v) is 2.00. The second-order valence-electron chi connectivity index (χ2n) is 3.59. The SMILES string of the molecule is CCOc1cccc2c1NCCN2CC. The number of nitrogens with zero attached hydrogens (tertiary/aromatic N) is 1. The molecule has 1 N–H and O–H groups in total. The van der Waals surface area contributed by atoms with Crippen LogP contribution in [0.1, 0.15) is 13.8 Å². The average Bonchev–Trinajstić information content (AvgIpc) is 2.29. The van der Waals surface area contributed by atoms with Crippen LogP contribution in [0, 0.1) is 0 Å². The van der Waals surface area contributed by atoms with Crippen molar-refractivity contribution in [2.24, 2.45) is 0 Å². The molecule has 1 aliphatic heterocycles. The molecule has 0 saturated carbocycles. The summed E-state index contributed by atoms with van der Waals surface area (Å²) in [6.07, 6.45) is 0. The van der Waals surface area contributed by atoms with Crippen molar-refractivity contribution in [2.45, 2.75) is 13.8 Å². The van der Waals surface area contributed by atoms with Crippen LogP contribution in [-0.4, -0.2) is 26.2 Å². The zero-order valence-corrected chi connectivity index (χ0v) is 9.42. The highest BCUT2D eigenvalue weighted by atomic mass is 16.5. The summed E-state index contributed by atoms with van der Waals surface area (Å²) < 4.78 is 5.61. The van der Waals surface area contributed by atoms with Crippen LogP contribution < -0.4 is 15.0 Å². The van der Waals surface area contributed by atoms with Crippen LogP contribution in [0.4, 0.5) is 11.4 Å². The number of para-hydroxylation sites is 1. The van der Waals surface area contributed by atoms with E-state index in [1.165, 1.54) is 5.69 Å². The second kappa shape index (κ2) is 4.43. The first-order valence-electron chi connectivity index (χ1n) is 5.61. The Balaban J connectivity index is 2.37. The molecule has 0 bridgehead atoms. The molecule has 0 aliphatic carbocycles. The minimum absolute atomic E-state index is 0.713. The molecular weight excluding hydrogens is 188 g/mol. The molecule has 3 heteroatoms. The molecule has 82 valence electrons. The predicted molar refractivity (Wildman–Crippen MR) is 64.0 cm³/mol. The van der Waals surface area contributed by atoms with E-state index in [9.17, 15) is 0 Å². The Hall–Kier alpha value is -1.38. The summed E-state index contributed by atoms with van der Waals surface area (Å²) in [6, 6.07) is 6.22. The minimum atomic E-state index is 0.713. The Morgan fingerprint density at radius 1 is 1.40 bits per heavy atom. The molecule has 0 unspecified atom stereocenters.